The number of benzene rings is 1. The minimum atomic E-state index is -0.0202. The van der Waals surface area contributed by atoms with Gasteiger partial charge >= 0.3 is 0 Å². The molecule has 20 heavy (non-hydrogen) atoms. The first-order valence-electron chi connectivity index (χ1n) is 6.22. The summed E-state index contributed by atoms with van der Waals surface area (Å²) in [6, 6.07) is 3.65. The molecule has 106 valence electrons. The molecular weight excluding hydrogens is 301 g/mol. The summed E-state index contributed by atoms with van der Waals surface area (Å²) in [4.78, 5) is 13.7. The Labute approximate surface area is 126 Å². The number of carbonyl (C=O) groups is 1. The smallest absolute Gasteiger partial charge is 0.248 e. The van der Waals surface area contributed by atoms with Gasteiger partial charge in [-0.15, -0.1) is 0 Å². The lowest BCUT2D eigenvalue weighted by Gasteiger charge is -2.27. The van der Waals surface area contributed by atoms with Gasteiger partial charge in [0.25, 0.3) is 0 Å². The summed E-state index contributed by atoms with van der Waals surface area (Å²) in [6.07, 6.45) is 0. The topological polar surface area (TPSA) is 47.4 Å². The second kappa shape index (κ2) is 5.24. The van der Waals surface area contributed by atoms with E-state index in [1.54, 1.807) is 11.0 Å². The van der Waals surface area contributed by atoms with Crippen LogP contribution in [-0.2, 0) is 22.6 Å². The SMILES string of the molecule is COCC(=O)N1CCn2nc3c(Cl)c(Cl)ccc3c2C1. The molecule has 5 nitrogen and oxygen atoms in total. The molecule has 0 spiro atoms. The van der Waals surface area contributed by atoms with Gasteiger partial charge in [0.05, 0.1) is 28.8 Å². The van der Waals surface area contributed by atoms with E-state index in [0.29, 0.717) is 35.2 Å². The van der Waals surface area contributed by atoms with Crippen molar-refractivity contribution in [3.05, 3.63) is 27.9 Å². The number of carbonyl (C=O) groups excluding carboxylic acids is 1. The maximum absolute atomic E-state index is 11.9. The Morgan fingerprint density at radius 1 is 1.40 bits per heavy atom. The summed E-state index contributed by atoms with van der Waals surface area (Å²) in [6.45, 7) is 1.87. The number of hydrogen-bond acceptors (Lipinski definition) is 3. The summed E-state index contributed by atoms with van der Waals surface area (Å²) in [5.41, 5.74) is 1.67. The summed E-state index contributed by atoms with van der Waals surface area (Å²) in [7, 11) is 1.52. The van der Waals surface area contributed by atoms with E-state index in [9.17, 15) is 4.79 Å². The molecule has 0 bridgehead atoms. The fraction of sp³-hybridized carbons (Fsp3) is 0.385. The van der Waals surface area contributed by atoms with Gasteiger partial charge in [-0.2, -0.15) is 5.10 Å². The highest BCUT2D eigenvalue weighted by Gasteiger charge is 2.24. The monoisotopic (exact) mass is 313 g/mol. The average molecular weight is 314 g/mol. The van der Waals surface area contributed by atoms with Crippen LogP contribution in [-0.4, -0.2) is 40.8 Å². The van der Waals surface area contributed by atoms with Crippen LogP contribution in [0.4, 0.5) is 0 Å². The van der Waals surface area contributed by atoms with E-state index in [-0.39, 0.29) is 12.5 Å². The maximum atomic E-state index is 11.9. The molecule has 0 saturated carbocycles. The van der Waals surface area contributed by atoms with Crippen molar-refractivity contribution in [3.8, 4) is 0 Å². The zero-order valence-electron chi connectivity index (χ0n) is 10.9. The lowest BCUT2D eigenvalue weighted by Crippen LogP contribution is -2.40. The van der Waals surface area contributed by atoms with Gasteiger partial charge in [-0.1, -0.05) is 23.2 Å². The van der Waals surface area contributed by atoms with Crippen LogP contribution in [0.2, 0.25) is 10.0 Å². The van der Waals surface area contributed by atoms with Crippen LogP contribution in [0.1, 0.15) is 5.69 Å². The van der Waals surface area contributed by atoms with E-state index in [1.165, 1.54) is 7.11 Å². The van der Waals surface area contributed by atoms with Gasteiger partial charge in [-0.05, 0) is 12.1 Å². The second-order valence-electron chi connectivity index (χ2n) is 4.68. The Bertz CT molecular complexity index is 684. The van der Waals surface area contributed by atoms with Gasteiger partial charge < -0.3 is 9.64 Å². The van der Waals surface area contributed by atoms with Crippen molar-refractivity contribution in [2.24, 2.45) is 0 Å². The lowest BCUT2D eigenvalue weighted by atomic mass is 10.2. The van der Waals surface area contributed by atoms with E-state index in [4.69, 9.17) is 27.9 Å². The van der Waals surface area contributed by atoms with Crippen LogP contribution in [0, 0.1) is 0 Å². The molecule has 0 aliphatic carbocycles. The van der Waals surface area contributed by atoms with Crippen molar-refractivity contribution in [2.75, 3.05) is 20.3 Å². The van der Waals surface area contributed by atoms with E-state index < -0.39 is 0 Å². The molecule has 0 saturated heterocycles. The van der Waals surface area contributed by atoms with Crippen molar-refractivity contribution in [3.63, 3.8) is 0 Å². The molecule has 1 aromatic heterocycles. The molecule has 1 aromatic carbocycles. The van der Waals surface area contributed by atoms with E-state index in [0.717, 1.165) is 11.1 Å². The minimum absolute atomic E-state index is 0.0202. The van der Waals surface area contributed by atoms with Crippen LogP contribution in [0.3, 0.4) is 0 Å². The molecule has 0 fully saturated rings. The molecule has 0 unspecified atom stereocenters. The van der Waals surface area contributed by atoms with Crippen molar-refractivity contribution in [2.45, 2.75) is 13.1 Å². The van der Waals surface area contributed by atoms with Crippen molar-refractivity contribution in [1.82, 2.24) is 14.7 Å². The number of aromatic nitrogens is 2. The van der Waals surface area contributed by atoms with Crippen LogP contribution in [0.25, 0.3) is 10.9 Å². The summed E-state index contributed by atoms with van der Waals surface area (Å²) in [5.74, 6) is -0.0202. The van der Waals surface area contributed by atoms with Gasteiger partial charge in [-0.25, -0.2) is 0 Å². The number of ether oxygens (including phenoxy) is 1. The number of nitrogens with zero attached hydrogens (tertiary/aromatic N) is 3. The number of hydrogen-bond donors (Lipinski definition) is 0. The summed E-state index contributed by atoms with van der Waals surface area (Å²) < 4.78 is 6.79. The zero-order valence-corrected chi connectivity index (χ0v) is 12.4. The quantitative estimate of drug-likeness (QED) is 0.855. The normalized spacial score (nSPS) is 14.7. The standard InChI is InChI=1S/C13H13Cl2N3O2/c1-20-7-11(19)17-4-5-18-10(6-17)8-2-3-9(14)12(15)13(8)16-18/h2-3H,4-7H2,1H3. The van der Waals surface area contributed by atoms with E-state index in [1.807, 2.05) is 10.7 Å². The highest BCUT2D eigenvalue weighted by molar-refractivity contribution is 6.45. The first kappa shape index (κ1) is 13.7. The summed E-state index contributed by atoms with van der Waals surface area (Å²) in [5, 5.41) is 6.37. The first-order chi connectivity index (χ1) is 9.61. The Morgan fingerprint density at radius 3 is 2.95 bits per heavy atom. The fourth-order valence-corrected chi connectivity index (χ4v) is 2.80. The third-order valence-electron chi connectivity index (χ3n) is 3.46. The van der Waals surface area contributed by atoms with Gasteiger partial charge in [-0.3, -0.25) is 9.48 Å². The van der Waals surface area contributed by atoms with Crippen molar-refractivity contribution < 1.29 is 9.53 Å². The molecule has 0 N–H and O–H groups in total. The van der Waals surface area contributed by atoms with Crippen molar-refractivity contribution in [1.29, 1.82) is 0 Å². The van der Waals surface area contributed by atoms with Crippen LogP contribution < -0.4 is 0 Å². The number of halogens is 2. The molecule has 2 heterocycles. The van der Waals surface area contributed by atoms with Crippen molar-refractivity contribution >= 4 is 40.0 Å². The maximum Gasteiger partial charge on any atom is 0.248 e. The van der Waals surface area contributed by atoms with Gasteiger partial charge in [0.15, 0.2) is 0 Å². The van der Waals surface area contributed by atoms with E-state index >= 15 is 0 Å². The highest BCUT2D eigenvalue weighted by Crippen LogP contribution is 2.33. The number of fused-ring (bicyclic) bond motifs is 3. The third-order valence-corrected chi connectivity index (χ3v) is 4.25. The molecule has 0 atom stereocenters. The molecule has 1 aliphatic heterocycles. The summed E-state index contributed by atoms with van der Waals surface area (Å²) >= 11 is 12.2. The first-order valence-corrected chi connectivity index (χ1v) is 6.97. The largest absolute Gasteiger partial charge is 0.375 e. The zero-order chi connectivity index (χ0) is 14.3. The number of methoxy groups -OCH3 is 1. The third kappa shape index (κ3) is 2.16. The Hall–Kier alpha value is -1.30. The minimum Gasteiger partial charge on any atom is -0.375 e. The molecule has 1 amide bonds. The van der Waals surface area contributed by atoms with E-state index in [2.05, 4.69) is 5.10 Å². The van der Waals surface area contributed by atoms with Gasteiger partial charge in [0.2, 0.25) is 5.91 Å². The predicted octanol–water partition coefficient (Wildman–Crippen LogP) is 2.33. The highest BCUT2D eigenvalue weighted by atomic mass is 35.5. The molecule has 0 radical (unpaired) electrons. The van der Waals surface area contributed by atoms with Crippen LogP contribution in [0.15, 0.2) is 12.1 Å². The molecular formula is C13H13Cl2N3O2. The molecule has 3 rings (SSSR count). The Morgan fingerprint density at radius 2 is 2.20 bits per heavy atom. The Kier molecular flexibility index (Phi) is 3.58. The molecule has 7 heteroatoms. The predicted molar refractivity (Wildman–Crippen MR) is 77.0 cm³/mol. The molecule has 2 aromatic rings. The van der Waals surface area contributed by atoms with Gasteiger partial charge in [0.1, 0.15) is 12.1 Å². The lowest BCUT2D eigenvalue weighted by molar-refractivity contribution is -0.136. The molecule has 1 aliphatic rings. The number of rotatable bonds is 2. The van der Waals surface area contributed by atoms with Crippen LogP contribution in [0.5, 0.6) is 0 Å². The Balaban J connectivity index is 2.01. The number of amides is 1. The second-order valence-corrected chi connectivity index (χ2v) is 5.46. The average Bonchev–Trinajstić information content (AvgIpc) is 2.81. The van der Waals surface area contributed by atoms with Crippen LogP contribution >= 0.6 is 23.2 Å². The fourth-order valence-electron chi connectivity index (χ4n) is 2.45. The van der Waals surface area contributed by atoms with Gasteiger partial charge in [0, 0.05) is 19.0 Å².